The molecule has 3 unspecified atom stereocenters. The molecule has 1 heterocycles. The van der Waals surface area contributed by atoms with Crippen LogP contribution in [-0.4, -0.2) is 35.2 Å². The Bertz CT molecular complexity index is 1250. The number of hydrogen-bond acceptors (Lipinski definition) is 7. The Kier molecular flexibility index (Phi) is 6.48. The van der Waals surface area contributed by atoms with Crippen molar-refractivity contribution in [3.8, 4) is 51.4 Å². The number of rotatable bonds is 6. The highest BCUT2D eigenvalue weighted by Gasteiger charge is 2.39. The van der Waals surface area contributed by atoms with Gasteiger partial charge in [0, 0.05) is 22.6 Å². The van der Waals surface area contributed by atoms with E-state index in [1.165, 1.54) is 0 Å². The lowest BCUT2D eigenvalue weighted by molar-refractivity contribution is 0.110. The van der Waals surface area contributed by atoms with Crippen LogP contribution in [-0.2, 0) is 6.42 Å². The predicted molar refractivity (Wildman–Crippen MR) is 136 cm³/mol. The lowest BCUT2D eigenvalue weighted by Gasteiger charge is -2.35. The first-order chi connectivity index (χ1) is 17.5. The molecule has 3 aromatic carbocycles. The van der Waals surface area contributed by atoms with E-state index >= 15 is 0 Å². The third-order valence-electron chi connectivity index (χ3n) is 7.25. The highest BCUT2D eigenvalue weighted by Crippen LogP contribution is 2.58. The van der Waals surface area contributed by atoms with E-state index in [-0.39, 0.29) is 24.7 Å². The fraction of sp³-hybridized carbons (Fsp3) is 0.379. The zero-order valence-corrected chi connectivity index (χ0v) is 21.5. The van der Waals surface area contributed by atoms with Crippen molar-refractivity contribution in [3.63, 3.8) is 0 Å². The van der Waals surface area contributed by atoms with Crippen LogP contribution in [0.2, 0.25) is 0 Å². The van der Waals surface area contributed by atoms with Crippen LogP contribution in [0, 0.1) is 11.8 Å². The van der Waals surface area contributed by atoms with Crippen molar-refractivity contribution in [3.05, 3.63) is 53.6 Å². The number of ether oxygens (including phenoxy) is 7. The summed E-state index contributed by atoms with van der Waals surface area (Å²) in [5, 5.41) is 0. The monoisotopic (exact) mass is 492 g/mol. The standard InChI is InChI=1S/C29H32O7/c1-16-12-18-13-21(30-3)26(31-4)28(32-5)23(18)24-20(14-22-27(29(24)33-6)35-15-34-22)25(17(16)2)36-19-10-8-7-9-11-19/h7-11,13-14,16-17,25H,12,15H2,1-6H3. The van der Waals surface area contributed by atoms with Gasteiger partial charge in [-0.1, -0.05) is 32.0 Å². The summed E-state index contributed by atoms with van der Waals surface area (Å²) in [6, 6.07) is 13.9. The number of hydrogen-bond donors (Lipinski definition) is 0. The van der Waals surface area contributed by atoms with Gasteiger partial charge in [0.15, 0.2) is 23.0 Å². The molecule has 7 nitrogen and oxygen atoms in total. The van der Waals surface area contributed by atoms with Crippen LogP contribution in [0.1, 0.15) is 31.1 Å². The molecule has 0 saturated carbocycles. The first kappa shape index (κ1) is 24.0. The van der Waals surface area contributed by atoms with Crippen molar-refractivity contribution in [1.82, 2.24) is 0 Å². The molecule has 2 aliphatic rings. The van der Waals surface area contributed by atoms with Crippen molar-refractivity contribution >= 4 is 0 Å². The van der Waals surface area contributed by atoms with Gasteiger partial charge in [-0.3, -0.25) is 0 Å². The fourth-order valence-corrected chi connectivity index (χ4v) is 5.28. The molecule has 7 heteroatoms. The third kappa shape index (κ3) is 3.83. The van der Waals surface area contributed by atoms with Crippen molar-refractivity contribution in [2.45, 2.75) is 26.4 Å². The molecule has 0 saturated heterocycles. The Morgan fingerprint density at radius 3 is 2.17 bits per heavy atom. The molecule has 0 aromatic heterocycles. The zero-order valence-electron chi connectivity index (χ0n) is 21.5. The van der Waals surface area contributed by atoms with Gasteiger partial charge in [0.05, 0.1) is 28.4 Å². The second-order valence-corrected chi connectivity index (χ2v) is 9.18. The molecular formula is C29H32O7. The summed E-state index contributed by atoms with van der Waals surface area (Å²) in [6.45, 7) is 4.59. The van der Waals surface area contributed by atoms with E-state index in [9.17, 15) is 0 Å². The fourth-order valence-electron chi connectivity index (χ4n) is 5.28. The van der Waals surface area contributed by atoms with Crippen molar-refractivity contribution in [2.24, 2.45) is 11.8 Å². The van der Waals surface area contributed by atoms with Gasteiger partial charge in [-0.15, -0.1) is 0 Å². The van der Waals surface area contributed by atoms with E-state index in [0.29, 0.717) is 34.5 Å². The quantitative estimate of drug-likeness (QED) is 0.414. The largest absolute Gasteiger partial charge is 0.493 e. The molecule has 0 fully saturated rings. The van der Waals surface area contributed by atoms with Gasteiger partial charge in [0.25, 0.3) is 0 Å². The maximum atomic E-state index is 6.70. The van der Waals surface area contributed by atoms with Gasteiger partial charge < -0.3 is 33.2 Å². The maximum absolute atomic E-state index is 6.70. The highest BCUT2D eigenvalue weighted by atomic mass is 16.7. The molecule has 3 atom stereocenters. The summed E-state index contributed by atoms with van der Waals surface area (Å²) in [7, 11) is 6.52. The molecule has 3 aromatic rings. The van der Waals surface area contributed by atoms with Crippen LogP contribution in [0.4, 0.5) is 0 Å². The lowest BCUT2D eigenvalue weighted by Crippen LogP contribution is -2.26. The Morgan fingerprint density at radius 1 is 0.778 bits per heavy atom. The Morgan fingerprint density at radius 2 is 1.50 bits per heavy atom. The third-order valence-corrected chi connectivity index (χ3v) is 7.25. The zero-order chi connectivity index (χ0) is 25.4. The Balaban J connectivity index is 1.87. The molecule has 0 amide bonds. The molecule has 0 radical (unpaired) electrons. The summed E-state index contributed by atoms with van der Waals surface area (Å²) in [5.41, 5.74) is 3.72. The van der Waals surface area contributed by atoms with E-state index in [2.05, 4.69) is 13.8 Å². The van der Waals surface area contributed by atoms with E-state index in [1.807, 2.05) is 42.5 Å². The average Bonchev–Trinajstić information content (AvgIpc) is 3.38. The number of para-hydroxylation sites is 1. The molecule has 36 heavy (non-hydrogen) atoms. The van der Waals surface area contributed by atoms with Crippen LogP contribution in [0.5, 0.6) is 40.2 Å². The lowest BCUT2D eigenvalue weighted by atomic mass is 9.75. The summed E-state index contributed by atoms with van der Waals surface area (Å²) >= 11 is 0. The molecule has 0 bridgehead atoms. The van der Waals surface area contributed by atoms with E-state index in [1.54, 1.807) is 28.4 Å². The first-order valence-electron chi connectivity index (χ1n) is 12.1. The molecule has 0 spiro atoms. The number of benzene rings is 3. The minimum absolute atomic E-state index is 0.126. The molecule has 1 aliphatic heterocycles. The second-order valence-electron chi connectivity index (χ2n) is 9.18. The minimum Gasteiger partial charge on any atom is -0.493 e. The first-order valence-corrected chi connectivity index (χ1v) is 12.1. The van der Waals surface area contributed by atoms with Crippen LogP contribution >= 0.6 is 0 Å². The van der Waals surface area contributed by atoms with E-state index in [0.717, 1.165) is 34.4 Å². The topological polar surface area (TPSA) is 64.6 Å². The van der Waals surface area contributed by atoms with Crippen molar-refractivity contribution in [1.29, 1.82) is 0 Å². The maximum Gasteiger partial charge on any atom is 0.231 e. The minimum atomic E-state index is -0.285. The van der Waals surface area contributed by atoms with Gasteiger partial charge >= 0.3 is 0 Å². The molecule has 1 aliphatic carbocycles. The number of fused-ring (bicyclic) bond motifs is 4. The average molecular weight is 493 g/mol. The molecule has 5 rings (SSSR count). The summed E-state index contributed by atoms with van der Waals surface area (Å²) in [5.74, 6) is 4.71. The Hall–Kier alpha value is -3.74. The molecule has 0 N–H and O–H groups in total. The van der Waals surface area contributed by atoms with Crippen LogP contribution in [0.3, 0.4) is 0 Å². The summed E-state index contributed by atoms with van der Waals surface area (Å²) in [4.78, 5) is 0. The van der Waals surface area contributed by atoms with Gasteiger partial charge in [0.2, 0.25) is 18.3 Å². The van der Waals surface area contributed by atoms with Crippen LogP contribution in [0.25, 0.3) is 11.1 Å². The van der Waals surface area contributed by atoms with Gasteiger partial charge in [0.1, 0.15) is 11.9 Å². The molecular weight excluding hydrogens is 460 g/mol. The van der Waals surface area contributed by atoms with Crippen molar-refractivity contribution < 1.29 is 33.2 Å². The van der Waals surface area contributed by atoms with E-state index in [4.69, 9.17) is 33.2 Å². The SMILES string of the molecule is COc1cc2c(c(OC)c1OC)-c1c(cc3c(c1OC)OCO3)C(Oc1ccccc1)C(C)C(C)C2. The predicted octanol–water partition coefficient (Wildman–Crippen LogP) is 6.07. The summed E-state index contributed by atoms with van der Waals surface area (Å²) < 4.78 is 41.9. The normalized spacial score (nSPS) is 19.9. The smallest absolute Gasteiger partial charge is 0.231 e. The van der Waals surface area contributed by atoms with Crippen molar-refractivity contribution in [2.75, 3.05) is 35.2 Å². The van der Waals surface area contributed by atoms with Gasteiger partial charge in [-0.2, -0.15) is 0 Å². The van der Waals surface area contributed by atoms with Gasteiger partial charge in [-0.25, -0.2) is 0 Å². The Labute approximate surface area is 211 Å². The summed E-state index contributed by atoms with van der Waals surface area (Å²) in [6.07, 6.45) is 0.491. The van der Waals surface area contributed by atoms with Crippen LogP contribution < -0.4 is 33.2 Å². The van der Waals surface area contributed by atoms with E-state index < -0.39 is 0 Å². The highest BCUT2D eigenvalue weighted by molar-refractivity contribution is 5.89. The molecule has 190 valence electrons. The van der Waals surface area contributed by atoms with Gasteiger partial charge in [-0.05, 0) is 42.2 Å². The number of methoxy groups -OCH3 is 4. The second kappa shape index (κ2) is 9.72. The van der Waals surface area contributed by atoms with Crippen LogP contribution in [0.15, 0.2) is 42.5 Å².